The highest BCUT2D eigenvalue weighted by Gasteiger charge is 2.31. The lowest BCUT2D eigenvalue weighted by molar-refractivity contribution is -0.274. The highest BCUT2D eigenvalue weighted by atomic mass is 19.4. The van der Waals surface area contributed by atoms with Gasteiger partial charge in [-0.2, -0.15) is 0 Å². The second-order valence-electron chi connectivity index (χ2n) is 2.80. The molecule has 0 fully saturated rings. The molecule has 1 aromatic carbocycles. The Labute approximate surface area is 94.6 Å². The maximum Gasteiger partial charge on any atom is 0.573 e. The number of ether oxygens (including phenoxy) is 1. The van der Waals surface area contributed by atoms with Crippen molar-refractivity contribution in [3.05, 3.63) is 36.9 Å². The molecule has 1 N–H and O–H groups in total. The fourth-order valence-corrected chi connectivity index (χ4v) is 0.908. The van der Waals surface area contributed by atoms with Crippen LogP contribution in [0.1, 0.15) is 0 Å². The maximum absolute atomic E-state index is 11.9. The number of rotatable bonds is 4. The molecular formula is C10H8F3NO3. The minimum atomic E-state index is -4.77. The largest absolute Gasteiger partial charge is 0.573 e. The Balaban J connectivity index is 2.66. The van der Waals surface area contributed by atoms with Crippen molar-refractivity contribution in [2.45, 2.75) is 6.36 Å². The van der Waals surface area contributed by atoms with E-state index in [2.05, 4.69) is 21.6 Å². The third kappa shape index (κ3) is 4.92. The Bertz CT molecular complexity index is 418. The molecule has 0 radical (unpaired) electrons. The summed E-state index contributed by atoms with van der Waals surface area (Å²) in [5.41, 5.74) is 2.29. The van der Waals surface area contributed by atoms with Crippen LogP contribution in [0.15, 0.2) is 36.9 Å². The van der Waals surface area contributed by atoms with E-state index < -0.39 is 18.1 Å². The summed E-state index contributed by atoms with van der Waals surface area (Å²) in [4.78, 5) is 15.1. The first-order valence-corrected chi connectivity index (χ1v) is 4.36. The van der Waals surface area contributed by atoms with Crippen molar-refractivity contribution in [1.29, 1.82) is 0 Å². The topological polar surface area (TPSA) is 47.6 Å². The molecular weight excluding hydrogens is 239 g/mol. The monoisotopic (exact) mass is 247 g/mol. The van der Waals surface area contributed by atoms with E-state index in [0.29, 0.717) is 0 Å². The van der Waals surface area contributed by atoms with Gasteiger partial charge in [0.05, 0.1) is 5.69 Å². The van der Waals surface area contributed by atoms with Crippen molar-refractivity contribution in [2.75, 3.05) is 5.48 Å². The second-order valence-corrected chi connectivity index (χ2v) is 2.80. The number of halogens is 3. The van der Waals surface area contributed by atoms with Crippen LogP contribution in [0, 0.1) is 0 Å². The molecule has 0 aliphatic carbocycles. The Hall–Kier alpha value is -2.18. The van der Waals surface area contributed by atoms with Crippen LogP contribution in [0.3, 0.4) is 0 Å². The lowest BCUT2D eigenvalue weighted by Crippen LogP contribution is -2.17. The molecule has 0 bridgehead atoms. The van der Waals surface area contributed by atoms with Crippen molar-refractivity contribution in [3.63, 3.8) is 0 Å². The highest BCUT2D eigenvalue weighted by Crippen LogP contribution is 2.24. The molecule has 7 heteroatoms. The van der Waals surface area contributed by atoms with Gasteiger partial charge in [-0.1, -0.05) is 12.6 Å². The normalized spacial score (nSPS) is 10.5. The highest BCUT2D eigenvalue weighted by molar-refractivity contribution is 5.81. The molecule has 0 saturated heterocycles. The molecule has 92 valence electrons. The average molecular weight is 247 g/mol. The smallest absolute Gasteiger partial charge is 0.406 e. The number of hydrogen-bond acceptors (Lipinski definition) is 4. The van der Waals surface area contributed by atoms with Gasteiger partial charge >= 0.3 is 12.3 Å². The summed E-state index contributed by atoms with van der Waals surface area (Å²) in [6.07, 6.45) is -3.86. The number of hydrogen-bond donors (Lipinski definition) is 1. The molecule has 1 aromatic rings. The Morgan fingerprint density at radius 1 is 1.41 bits per heavy atom. The van der Waals surface area contributed by atoms with Gasteiger partial charge in [0.25, 0.3) is 0 Å². The summed E-state index contributed by atoms with van der Waals surface area (Å²) >= 11 is 0. The molecule has 0 aliphatic heterocycles. The van der Waals surface area contributed by atoms with Crippen molar-refractivity contribution in [3.8, 4) is 5.75 Å². The number of nitrogens with one attached hydrogen (secondary N) is 1. The Morgan fingerprint density at radius 2 is 2.12 bits per heavy atom. The summed E-state index contributed by atoms with van der Waals surface area (Å²) < 4.78 is 39.4. The standard InChI is InChI=1S/C10H8F3NO3/c1-2-9(15)17-14-7-4-3-5-8(6-7)16-10(11,12)13/h2-6,14H,1H2. The maximum atomic E-state index is 11.9. The summed E-state index contributed by atoms with van der Waals surface area (Å²) in [7, 11) is 0. The Morgan fingerprint density at radius 3 is 2.71 bits per heavy atom. The number of carbonyl (C=O) groups excluding carboxylic acids is 1. The molecule has 0 heterocycles. The van der Waals surface area contributed by atoms with E-state index in [1.807, 2.05) is 0 Å². The van der Waals surface area contributed by atoms with E-state index in [1.54, 1.807) is 0 Å². The van der Waals surface area contributed by atoms with Gasteiger partial charge < -0.3 is 9.57 Å². The van der Waals surface area contributed by atoms with Crippen LogP contribution in [0.2, 0.25) is 0 Å². The van der Waals surface area contributed by atoms with E-state index in [-0.39, 0.29) is 5.69 Å². The van der Waals surface area contributed by atoms with Gasteiger partial charge in [0.1, 0.15) is 5.75 Å². The fourth-order valence-electron chi connectivity index (χ4n) is 0.908. The van der Waals surface area contributed by atoms with E-state index >= 15 is 0 Å². The van der Waals surface area contributed by atoms with Crippen LogP contribution >= 0.6 is 0 Å². The zero-order valence-corrected chi connectivity index (χ0v) is 8.45. The van der Waals surface area contributed by atoms with Gasteiger partial charge in [0, 0.05) is 12.1 Å². The van der Waals surface area contributed by atoms with Crippen molar-refractivity contribution in [2.24, 2.45) is 0 Å². The minimum Gasteiger partial charge on any atom is -0.406 e. The van der Waals surface area contributed by atoms with Crippen LogP contribution in [0.5, 0.6) is 5.75 Å². The van der Waals surface area contributed by atoms with E-state index in [4.69, 9.17) is 0 Å². The van der Waals surface area contributed by atoms with E-state index in [0.717, 1.165) is 18.2 Å². The Kier molecular flexibility index (Phi) is 3.97. The van der Waals surface area contributed by atoms with Gasteiger partial charge in [-0.15, -0.1) is 13.2 Å². The van der Waals surface area contributed by atoms with Gasteiger partial charge in [0.15, 0.2) is 0 Å². The molecule has 0 aromatic heterocycles. The molecule has 1 rings (SSSR count). The quantitative estimate of drug-likeness (QED) is 0.656. The van der Waals surface area contributed by atoms with Gasteiger partial charge in [-0.05, 0) is 12.1 Å². The molecule has 0 aliphatic rings. The van der Waals surface area contributed by atoms with Gasteiger partial charge in [-0.25, -0.2) is 10.3 Å². The molecule has 17 heavy (non-hydrogen) atoms. The predicted octanol–water partition coefficient (Wildman–Crippen LogP) is 2.64. The van der Waals surface area contributed by atoms with Crippen LogP contribution in [0.4, 0.5) is 18.9 Å². The zero-order chi connectivity index (χ0) is 12.9. The number of alkyl halides is 3. The predicted molar refractivity (Wildman–Crippen MR) is 53.0 cm³/mol. The SMILES string of the molecule is C=CC(=O)ONc1cccc(OC(F)(F)F)c1. The molecule has 4 nitrogen and oxygen atoms in total. The lowest BCUT2D eigenvalue weighted by atomic mass is 10.3. The van der Waals surface area contributed by atoms with Gasteiger partial charge in [-0.3, -0.25) is 0 Å². The summed E-state index contributed by atoms with van der Waals surface area (Å²) in [6.45, 7) is 3.15. The second kappa shape index (κ2) is 5.24. The van der Waals surface area contributed by atoms with Crippen molar-refractivity contribution < 1.29 is 27.5 Å². The minimum absolute atomic E-state index is 0.141. The third-order valence-corrected chi connectivity index (χ3v) is 1.50. The fraction of sp³-hybridized carbons (Fsp3) is 0.100. The summed E-state index contributed by atoms with van der Waals surface area (Å²) in [6, 6.07) is 4.86. The third-order valence-electron chi connectivity index (χ3n) is 1.50. The summed E-state index contributed by atoms with van der Waals surface area (Å²) in [5.74, 6) is -1.18. The number of anilines is 1. The zero-order valence-electron chi connectivity index (χ0n) is 8.45. The van der Waals surface area contributed by atoms with Gasteiger partial charge in [0.2, 0.25) is 0 Å². The molecule has 0 unspecified atom stereocenters. The number of carbonyl (C=O) groups is 1. The first kappa shape index (κ1) is 12.9. The summed E-state index contributed by atoms with van der Waals surface area (Å²) in [5, 5.41) is 0. The first-order valence-electron chi connectivity index (χ1n) is 4.36. The van der Waals surface area contributed by atoms with Crippen LogP contribution in [-0.2, 0) is 9.63 Å². The van der Waals surface area contributed by atoms with Crippen molar-refractivity contribution >= 4 is 11.7 Å². The van der Waals surface area contributed by atoms with Crippen molar-refractivity contribution in [1.82, 2.24) is 0 Å². The average Bonchev–Trinajstić information content (AvgIpc) is 2.24. The van der Waals surface area contributed by atoms with E-state index in [1.165, 1.54) is 12.1 Å². The van der Waals surface area contributed by atoms with E-state index in [9.17, 15) is 18.0 Å². The molecule has 0 saturated carbocycles. The molecule has 0 atom stereocenters. The van der Waals surface area contributed by atoms with Crippen LogP contribution < -0.4 is 10.2 Å². The lowest BCUT2D eigenvalue weighted by Gasteiger charge is -2.10. The van der Waals surface area contributed by atoms with Crippen LogP contribution in [-0.4, -0.2) is 12.3 Å². The molecule has 0 spiro atoms. The first-order chi connectivity index (χ1) is 7.90. The molecule has 0 amide bonds. The number of benzene rings is 1. The van der Waals surface area contributed by atoms with Crippen LogP contribution in [0.25, 0.3) is 0 Å².